The van der Waals surface area contributed by atoms with Crippen molar-refractivity contribution in [1.29, 1.82) is 5.26 Å². The van der Waals surface area contributed by atoms with Crippen molar-refractivity contribution in [2.75, 3.05) is 0 Å². The highest BCUT2D eigenvalue weighted by molar-refractivity contribution is 9.10. The standard InChI is InChI=1S/C10H7BrN2O2/c11-7-1-2-8-6(9(7)14)3-5(4-12)10(15)13-8/h3,7H,1-2H2,(H,13,15)/p-1/t7-/m0/s1. The van der Waals surface area contributed by atoms with Crippen molar-refractivity contribution in [3.05, 3.63) is 22.9 Å². The first-order valence-corrected chi connectivity index (χ1v) is 5.34. The van der Waals surface area contributed by atoms with Crippen molar-refractivity contribution in [2.24, 2.45) is 0 Å². The number of ketones is 1. The first kappa shape index (κ1) is 10.1. The van der Waals surface area contributed by atoms with E-state index in [9.17, 15) is 9.90 Å². The number of hydrogen-bond acceptors (Lipinski definition) is 4. The van der Waals surface area contributed by atoms with Crippen LogP contribution in [0.5, 0.6) is 5.88 Å². The third-order valence-corrected chi connectivity index (χ3v) is 3.25. The van der Waals surface area contributed by atoms with Gasteiger partial charge in [0.25, 0.3) is 0 Å². The third kappa shape index (κ3) is 1.61. The Kier molecular flexibility index (Phi) is 2.45. The lowest BCUT2D eigenvalue weighted by atomic mass is 9.94. The zero-order valence-electron chi connectivity index (χ0n) is 7.66. The summed E-state index contributed by atoms with van der Waals surface area (Å²) in [7, 11) is 0. The van der Waals surface area contributed by atoms with Gasteiger partial charge in [-0.1, -0.05) is 15.9 Å². The third-order valence-electron chi connectivity index (χ3n) is 2.37. The van der Waals surface area contributed by atoms with Crippen molar-refractivity contribution in [3.8, 4) is 11.9 Å². The number of carbonyl (C=O) groups is 1. The van der Waals surface area contributed by atoms with Crippen molar-refractivity contribution < 1.29 is 9.90 Å². The summed E-state index contributed by atoms with van der Waals surface area (Å²) in [6.07, 6.45) is 1.24. The van der Waals surface area contributed by atoms with Gasteiger partial charge in [0.15, 0.2) is 5.78 Å². The molecule has 0 saturated heterocycles. The number of rotatable bonds is 0. The average Bonchev–Trinajstić information content (AvgIpc) is 2.23. The molecule has 0 N–H and O–H groups in total. The quantitative estimate of drug-likeness (QED) is 0.654. The van der Waals surface area contributed by atoms with Gasteiger partial charge in [-0.2, -0.15) is 5.26 Å². The molecule has 4 nitrogen and oxygen atoms in total. The van der Waals surface area contributed by atoms with E-state index in [0.29, 0.717) is 24.1 Å². The minimum Gasteiger partial charge on any atom is -0.858 e. The fraction of sp³-hybridized carbons (Fsp3) is 0.300. The van der Waals surface area contributed by atoms with Gasteiger partial charge in [-0.25, -0.2) is 0 Å². The van der Waals surface area contributed by atoms with Crippen molar-refractivity contribution in [3.63, 3.8) is 0 Å². The predicted molar refractivity (Wildman–Crippen MR) is 53.8 cm³/mol. The molecule has 1 atom stereocenters. The highest BCUT2D eigenvalue weighted by Crippen LogP contribution is 2.27. The van der Waals surface area contributed by atoms with Crippen LogP contribution in [0.25, 0.3) is 0 Å². The van der Waals surface area contributed by atoms with Gasteiger partial charge in [0.1, 0.15) is 6.07 Å². The maximum atomic E-state index is 11.7. The Morgan fingerprint density at radius 2 is 2.40 bits per heavy atom. The summed E-state index contributed by atoms with van der Waals surface area (Å²) in [5, 5.41) is 19.9. The van der Waals surface area contributed by atoms with Crippen LogP contribution in [0.15, 0.2) is 6.07 Å². The van der Waals surface area contributed by atoms with Crippen molar-refractivity contribution >= 4 is 21.7 Å². The summed E-state index contributed by atoms with van der Waals surface area (Å²) in [5.41, 5.74) is 0.850. The van der Waals surface area contributed by atoms with Crippen LogP contribution in [0, 0.1) is 11.3 Å². The first-order chi connectivity index (χ1) is 7.13. The monoisotopic (exact) mass is 265 g/mol. The van der Waals surface area contributed by atoms with Gasteiger partial charge >= 0.3 is 0 Å². The highest BCUT2D eigenvalue weighted by atomic mass is 79.9. The number of Topliss-reactive ketones (excluding diaryl/α,β-unsaturated/α-hetero) is 1. The molecule has 1 aromatic heterocycles. The lowest BCUT2D eigenvalue weighted by molar-refractivity contribution is -0.275. The second-order valence-electron chi connectivity index (χ2n) is 3.32. The number of nitrogens with zero attached hydrogens (tertiary/aromatic N) is 2. The molecule has 1 aromatic rings. The van der Waals surface area contributed by atoms with E-state index in [-0.39, 0.29) is 16.2 Å². The van der Waals surface area contributed by atoms with E-state index >= 15 is 0 Å². The molecule has 0 bridgehead atoms. The van der Waals surface area contributed by atoms with Crippen LogP contribution in [0.1, 0.15) is 28.0 Å². The van der Waals surface area contributed by atoms with Gasteiger partial charge in [-0.3, -0.25) is 9.78 Å². The van der Waals surface area contributed by atoms with Crippen LogP contribution in [0.2, 0.25) is 0 Å². The average molecular weight is 266 g/mol. The minimum atomic E-state index is -0.544. The summed E-state index contributed by atoms with van der Waals surface area (Å²) in [6, 6.07) is 3.09. The molecule has 5 heteroatoms. The van der Waals surface area contributed by atoms with Crippen molar-refractivity contribution in [1.82, 2.24) is 4.98 Å². The molecule has 0 radical (unpaired) electrons. The van der Waals surface area contributed by atoms with Crippen molar-refractivity contribution in [2.45, 2.75) is 17.7 Å². The second kappa shape index (κ2) is 3.63. The van der Waals surface area contributed by atoms with Crippen LogP contribution in [-0.2, 0) is 6.42 Å². The SMILES string of the molecule is N#Cc1cc2c(nc1[O-])CC[C@H](Br)C2=O. The van der Waals surface area contributed by atoms with Crippen LogP contribution < -0.4 is 5.11 Å². The summed E-state index contributed by atoms with van der Waals surface area (Å²) in [6.45, 7) is 0. The fourth-order valence-corrected chi connectivity index (χ4v) is 2.06. The van der Waals surface area contributed by atoms with E-state index in [0.717, 1.165) is 0 Å². The number of carbonyl (C=O) groups excluding carboxylic acids is 1. The van der Waals surface area contributed by atoms with E-state index in [1.165, 1.54) is 6.07 Å². The summed E-state index contributed by atoms with van der Waals surface area (Å²) >= 11 is 3.25. The van der Waals surface area contributed by atoms with Crippen LogP contribution in [0.4, 0.5) is 0 Å². The maximum Gasteiger partial charge on any atom is 0.178 e. The summed E-state index contributed by atoms with van der Waals surface area (Å²) < 4.78 is 0. The number of nitriles is 1. The second-order valence-corrected chi connectivity index (χ2v) is 4.42. The van der Waals surface area contributed by atoms with E-state index in [4.69, 9.17) is 5.26 Å². The Labute approximate surface area is 94.7 Å². The highest BCUT2D eigenvalue weighted by Gasteiger charge is 2.26. The van der Waals surface area contributed by atoms with Gasteiger partial charge in [-0.05, 0) is 18.9 Å². The molecule has 0 fully saturated rings. The molecule has 0 saturated carbocycles. The largest absolute Gasteiger partial charge is 0.858 e. The molecule has 0 aliphatic heterocycles. The lowest BCUT2D eigenvalue weighted by Crippen LogP contribution is -2.24. The van der Waals surface area contributed by atoms with Crippen LogP contribution >= 0.6 is 15.9 Å². The molecule has 1 heterocycles. The molecule has 1 aliphatic carbocycles. The first-order valence-electron chi connectivity index (χ1n) is 4.43. The Morgan fingerprint density at radius 1 is 1.67 bits per heavy atom. The van der Waals surface area contributed by atoms with Crippen LogP contribution in [-0.4, -0.2) is 15.6 Å². The normalized spacial score (nSPS) is 19.5. The number of pyridine rings is 1. The minimum absolute atomic E-state index is 0.0660. The van der Waals surface area contributed by atoms with E-state index in [1.54, 1.807) is 6.07 Å². The van der Waals surface area contributed by atoms with Gasteiger partial charge in [0.2, 0.25) is 0 Å². The molecule has 15 heavy (non-hydrogen) atoms. The Balaban J connectivity index is 2.59. The van der Waals surface area contributed by atoms with E-state index in [2.05, 4.69) is 20.9 Å². The zero-order valence-corrected chi connectivity index (χ0v) is 9.24. The Morgan fingerprint density at radius 3 is 3.07 bits per heavy atom. The molecule has 0 unspecified atom stereocenters. The molecular formula is C10H6BrN2O2-. The topological polar surface area (TPSA) is 76.8 Å². The number of fused-ring (bicyclic) bond motifs is 1. The molecule has 0 aromatic carbocycles. The predicted octanol–water partition coefficient (Wildman–Crippen LogP) is 0.919. The zero-order chi connectivity index (χ0) is 11.0. The van der Waals surface area contributed by atoms with E-state index in [1.807, 2.05) is 0 Å². The number of alkyl halides is 1. The lowest BCUT2D eigenvalue weighted by Gasteiger charge is -2.20. The summed E-state index contributed by atoms with van der Waals surface area (Å²) in [5.74, 6) is -0.641. The Bertz CT molecular complexity index is 479. The number of hydrogen-bond donors (Lipinski definition) is 0. The maximum absolute atomic E-state index is 11.7. The fourth-order valence-electron chi connectivity index (χ4n) is 1.58. The molecule has 76 valence electrons. The van der Waals surface area contributed by atoms with Gasteiger partial charge < -0.3 is 5.11 Å². The van der Waals surface area contributed by atoms with Gasteiger partial charge in [-0.15, -0.1) is 0 Å². The van der Waals surface area contributed by atoms with E-state index < -0.39 is 5.88 Å². The molecule has 0 spiro atoms. The molecule has 0 amide bonds. The van der Waals surface area contributed by atoms with Gasteiger partial charge in [0.05, 0.1) is 16.1 Å². The summed E-state index contributed by atoms with van der Waals surface area (Å²) in [4.78, 5) is 15.2. The van der Waals surface area contributed by atoms with Gasteiger partial charge in [0, 0.05) is 11.4 Å². The smallest absolute Gasteiger partial charge is 0.178 e. The molecular weight excluding hydrogens is 260 g/mol. The van der Waals surface area contributed by atoms with Crippen LogP contribution in [0.3, 0.4) is 0 Å². The molecule has 1 aliphatic rings. The number of halogens is 1. The molecule has 2 rings (SSSR count). The Hall–Kier alpha value is -1.41. The number of aryl methyl sites for hydroxylation is 1. The number of aromatic nitrogens is 1.